The van der Waals surface area contributed by atoms with Gasteiger partial charge in [-0.25, -0.2) is 8.78 Å². The number of ether oxygens (including phenoxy) is 1. The van der Waals surface area contributed by atoms with Gasteiger partial charge in [0.25, 0.3) is 0 Å². The van der Waals surface area contributed by atoms with Crippen molar-refractivity contribution in [2.24, 2.45) is 5.92 Å². The maximum Gasteiger partial charge on any atom is 0.225 e. The fraction of sp³-hybridized carbons (Fsp3) is 0.522. The number of aromatic nitrogens is 2. The maximum absolute atomic E-state index is 13.7. The highest BCUT2D eigenvalue weighted by molar-refractivity contribution is 5.79. The molecule has 0 spiro atoms. The van der Waals surface area contributed by atoms with Crippen LogP contribution in [0.3, 0.4) is 0 Å². The molecule has 2 aliphatic heterocycles. The Labute approximate surface area is 181 Å². The van der Waals surface area contributed by atoms with E-state index in [1.54, 1.807) is 12.4 Å². The summed E-state index contributed by atoms with van der Waals surface area (Å²) in [5, 5.41) is 7.72. The van der Waals surface area contributed by atoms with Gasteiger partial charge in [0, 0.05) is 37.3 Å². The van der Waals surface area contributed by atoms with Crippen molar-refractivity contribution in [2.45, 2.75) is 44.9 Å². The van der Waals surface area contributed by atoms with Crippen LogP contribution in [-0.2, 0) is 22.7 Å². The Morgan fingerprint density at radius 2 is 1.71 bits per heavy atom. The van der Waals surface area contributed by atoms with Crippen molar-refractivity contribution in [1.82, 2.24) is 20.0 Å². The Kier molecular flexibility index (Phi) is 7.19. The van der Waals surface area contributed by atoms with Gasteiger partial charge in [-0.15, -0.1) is 0 Å². The standard InChI is InChI=1S/C23H28F2N4O2/c24-21-2-1-3-22(25)20(21)16-31-19-7-12-29(13-8-19)23(30)18-5-10-28(11-6-18)15-17-4-9-26-27-14-17/h1-4,9,14,18-19H,5-8,10-13,15-16H2. The SMILES string of the molecule is O=C(C1CCN(Cc2ccnnc2)CC1)N1CCC(OCc2c(F)cccc2F)CC1. The van der Waals surface area contributed by atoms with E-state index >= 15 is 0 Å². The maximum atomic E-state index is 13.7. The molecule has 0 N–H and O–H groups in total. The Hall–Kier alpha value is -2.45. The van der Waals surface area contributed by atoms with E-state index in [0.29, 0.717) is 25.9 Å². The van der Waals surface area contributed by atoms with Crippen LogP contribution in [0.1, 0.15) is 36.8 Å². The number of likely N-dealkylation sites (tertiary alicyclic amines) is 2. The van der Waals surface area contributed by atoms with Crippen LogP contribution in [0, 0.1) is 17.6 Å². The van der Waals surface area contributed by atoms with E-state index in [2.05, 4.69) is 15.1 Å². The molecule has 1 aromatic carbocycles. The average molecular weight is 430 g/mol. The number of hydrogen-bond donors (Lipinski definition) is 0. The lowest BCUT2D eigenvalue weighted by molar-refractivity contribution is -0.140. The molecule has 0 bridgehead atoms. The number of hydrogen-bond acceptors (Lipinski definition) is 5. The van der Waals surface area contributed by atoms with E-state index < -0.39 is 11.6 Å². The minimum Gasteiger partial charge on any atom is -0.373 e. The summed E-state index contributed by atoms with van der Waals surface area (Å²) >= 11 is 0. The Morgan fingerprint density at radius 1 is 1.00 bits per heavy atom. The predicted molar refractivity (Wildman–Crippen MR) is 111 cm³/mol. The highest BCUT2D eigenvalue weighted by Crippen LogP contribution is 2.24. The van der Waals surface area contributed by atoms with Crippen LogP contribution in [0.5, 0.6) is 0 Å². The number of carbonyl (C=O) groups is 1. The fourth-order valence-electron chi connectivity index (χ4n) is 4.38. The predicted octanol–water partition coefficient (Wildman–Crippen LogP) is 3.17. The molecule has 2 fully saturated rings. The zero-order valence-corrected chi connectivity index (χ0v) is 17.6. The first-order chi connectivity index (χ1) is 15.1. The zero-order chi connectivity index (χ0) is 21.6. The molecule has 0 atom stereocenters. The quantitative estimate of drug-likeness (QED) is 0.705. The molecule has 4 rings (SSSR count). The summed E-state index contributed by atoms with van der Waals surface area (Å²) in [7, 11) is 0. The molecular formula is C23H28F2N4O2. The summed E-state index contributed by atoms with van der Waals surface area (Å²) in [6.45, 7) is 3.81. The fourth-order valence-corrected chi connectivity index (χ4v) is 4.38. The van der Waals surface area contributed by atoms with Crippen LogP contribution in [0.25, 0.3) is 0 Å². The van der Waals surface area contributed by atoms with E-state index in [9.17, 15) is 13.6 Å². The second-order valence-electron chi connectivity index (χ2n) is 8.34. The number of halogens is 2. The summed E-state index contributed by atoms with van der Waals surface area (Å²) in [6.07, 6.45) is 6.50. The third-order valence-corrected chi connectivity index (χ3v) is 6.27. The lowest BCUT2D eigenvalue weighted by atomic mass is 9.94. The number of nitrogens with zero attached hydrogens (tertiary/aromatic N) is 4. The first-order valence-corrected chi connectivity index (χ1v) is 10.9. The number of rotatable bonds is 6. The number of carbonyl (C=O) groups excluding carboxylic acids is 1. The molecule has 2 aliphatic rings. The molecule has 8 heteroatoms. The Bertz CT molecular complexity index is 847. The van der Waals surface area contributed by atoms with Crippen LogP contribution in [0.4, 0.5) is 8.78 Å². The molecule has 2 aromatic rings. The third-order valence-electron chi connectivity index (χ3n) is 6.27. The van der Waals surface area contributed by atoms with Gasteiger partial charge in [0.1, 0.15) is 11.6 Å². The van der Waals surface area contributed by atoms with E-state index in [1.165, 1.54) is 18.2 Å². The molecule has 166 valence electrons. The molecule has 0 saturated carbocycles. The molecule has 0 unspecified atom stereocenters. The molecule has 3 heterocycles. The van der Waals surface area contributed by atoms with Crippen LogP contribution < -0.4 is 0 Å². The average Bonchev–Trinajstić information content (AvgIpc) is 2.80. The van der Waals surface area contributed by atoms with E-state index in [0.717, 1.165) is 38.0 Å². The van der Waals surface area contributed by atoms with Crippen molar-refractivity contribution in [3.05, 3.63) is 59.4 Å². The first kappa shape index (κ1) is 21.8. The molecular weight excluding hydrogens is 402 g/mol. The summed E-state index contributed by atoms with van der Waals surface area (Å²) in [5.74, 6) is -0.876. The lowest BCUT2D eigenvalue weighted by Gasteiger charge is -2.37. The zero-order valence-electron chi connectivity index (χ0n) is 17.6. The topological polar surface area (TPSA) is 58.6 Å². The normalized spacial score (nSPS) is 19.0. The third kappa shape index (κ3) is 5.62. The van der Waals surface area contributed by atoms with Gasteiger partial charge < -0.3 is 9.64 Å². The molecule has 1 aromatic heterocycles. The van der Waals surface area contributed by atoms with Gasteiger partial charge in [0.05, 0.1) is 18.9 Å². The van der Waals surface area contributed by atoms with Crippen LogP contribution in [-0.4, -0.2) is 58.2 Å². The largest absolute Gasteiger partial charge is 0.373 e. The van der Waals surface area contributed by atoms with Crippen molar-refractivity contribution in [3.8, 4) is 0 Å². The van der Waals surface area contributed by atoms with Gasteiger partial charge in [-0.2, -0.15) is 10.2 Å². The smallest absolute Gasteiger partial charge is 0.225 e. The molecule has 2 saturated heterocycles. The van der Waals surface area contributed by atoms with Gasteiger partial charge in [0.15, 0.2) is 0 Å². The Morgan fingerprint density at radius 3 is 2.35 bits per heavy atom. The van der Waals surface area contributed by atoms with Crippen LogP contribution in [0.15, 0.2) is 36.7 Å². The van der Waals surface area contributed by atoms with E-state index in [4.69, 9.17) is 4.74 Å². The molecule has 0 aliphatic carbocycles. The van der Waals surface area contributed by atoms with Crippen molar-refractivity contribution >= 4 is 5.91 Å². The van der Waals surface area contributed by atoms with Gasteiger partial charge in [-0.3, -0.25) is 9.69 Å². The van der Waals surface area contributed by atoms with Gasteiger partial charge in [0.2, 0.25) is 5.91 Å². The van der Waals surface area contributed by atoms with Gasteiger partial charge in [-0.05, 0) is 62.5 Å². The van der Waals surface area contributed by atoms with Crippen LogP contribution in [0.2, 0.25) is 0 Å². The minimum atomic E-state index is -0.584. The molecule has 6 nitrogen and oxygen atoms in total. The summed E-state index contributed by atoms with van der Waals surface area (Å²) in [5.41, 5.74) is 1.10. The number of amides is 1. The highest BCUT2D eigenvalue weighted by atomic mass is 19.1. The second kappa shape index (κ2) is 10.2. The van der Waals surface area contributed by atoms with E-state index in [1.807, 2.05) is 11.0 Å². The first-order valence-electron chi connectivity index (χ1n) is 10.9. The van der Waals surface area contributed by atoms with E-state index in [-0.39, 0.29) is 30.1 Å². The Balaban J connectivity index is 1.19. The van der Waals surface area contributed by atoms with Crippen molar-refractivity contribution < 1.29 is 18.3 Å². The van der Waals surface area contributed by atoms with Crippen LogP contribution >= 0.6 is 0 Å². The number of benzene rings is 1. The van der Waals surface area contributed by atoms with Crippen molar-refractivity contribution in [3.63, 3.8) is 0 Å². The summed E-state index contributed by atoms with van der Waals surface area (Å²) < 4.78 is 33.2. The van der Waals surface area contributed by atoms with Gasteiger partial charge in [-0.1, -0.05) is 6.07 Å². The summed E-state index contributed by atoms with van der Waals surface area (Å²) in [4.78, 5) is 17.2. The molecule has 0 radical (unpaired) electrons. The monoisotopic (exact) mass is 430 g/mol. The lowest BCUT2D eigenvalue weighted by Crippen LogP contribution is -2.46. The highest BCUT2D eigenvalue weighted by Gasteiger charge is 2.31. The molecule has 1 amide bonds. The summed E-state index contributed by atoms with van der Waals surface area (Å²) in [6, 6.07) is 5.79. The van der Waals surface area contributed by atoms with Gasteiger partial charge >= 0.3 is 0 Å². The van der Waals surface area contributed by atoms with Crippen molar-refractivity contribution in [2.75, 3.05) is 26.2 Å². The minimum absolute atomic E-state index is 0.0321. The van der Waals surface area contributed by atoms with Crippen molar-refractivity contribution in [1.29, 1.82) is 0 Å². The number of piperidine rings is 2. The second-order valence-corrected chi connectivity index (χ2v) is 8.34. The molecule has 31 heavy (non-hydrogen) atoms.